The number of hydrogen-bond acceptors (Lipinski definition) is 2. The van der Waals surface area contributed by atoms with Crippen molar-refractivity contribution in [2.75, 3.05) is 4.90 Å². The van der Waals surface area contributed by atoms with Gasteiger partial charge in [0.25, 0.3) is 0 Å². The second-order valence-electron chi connectivity index (χ2n) is 12.0. The van der Waals surface area contributed by atoms with Crippen LogP contribution in [0.4, 0.5) is 17.1 Å². The van der Waals surface area contributed by atoms with E-state index in [4.69, 9.17) is 4.98 Å². The molecule has 0 N–H and O–H groups in total. The summed E-state index contributed by atoms with van der Waals surface area (Å²) < 4.78 is 2.33. The van der Waals surface area contributed by atoms with Crippen molar-refractivity contribution < 1.29 is 0 Å². The normalized spacial score (nSPS) is 11.3. The van der Waals surface area contributed by atoms with Gasteiger partial charge in [-0.05, 0) is 76.5 Å². The Kier molecular flexibility index (Phi) is 6.80. The molecule has 0 saturated heterocycles. The monoisotopic (exact) mass is 613 g/mol. The molecule has 0 fully saturated rings. The Morgan fingerprint density at radius 2 is 0.875 bits per heavy atom. The van der Waals surface area contributed by atoms with E-state index >= 15 is 0 Å². The van der Waals surface area contributed by atoms with Gasteiger partial charge in [-0.2, -0.15) is 0 Å². The Labute approximate surface area is 279 Å². The van der Waals surface area contributed by atoms with Crippen LogP contribution in [0.1, 0.15) is 0 Å². The summed E-state index contributed by atoms with van der Waals surface area (Å²) in [6.45, 7) is 0. The lowest BCUT2D eigenvalue weighted by atomic mass is 9.95. The van der Waals surface area contributed by atoms with Crippen LogP contribution in [-0.4, -0.2) is 9.55 Å². The molecule has 0 aliphatic rings. The maximum Gasteiger partial charge on any atom is 0.145 e. The lowest BCUT2D eigenvalue weighted by Crippen LogP contribution is -2.09. The van der Waals surface area contributed by atoms with Crippen molar-refractivity contribution in [3.63, 3.8) is 0 Å². The van der Waals surface area contributed by atoms with Crippen LogP contribution in [0.25, 0.3) is 60.8 Å². The highest BCUT2D eigenvalue weighted by molar-refractivity contribution is 6.24. The van der Waals surface area contributed by atoms with Crippen molar-refractivity contribution in [2.45, 2.75) is 0 Å². The van der Waals surface area contributed by atoms with Crippen LogP contribution in [0, 0.1) is 0 Å². The van der Waals surface area contributed by atoms with Gasteiger partial charge in [0, 0.05) is 39.1 Å². The van der Waals surface area contributed by atoms with Gasteiger partial charge in [-0.25, -0.2) is 4.98 Å². The molecule has 8 aromatic carbocycles. The molecule has 0 aliphatic heterocycles. The first-order valence-corrected chi connectivity index (χ1v) is 16.3. The Balaban J connectivity index is 1.24. The van der Waals surface area contributed by atoms with Crippen molar-refractivity contribution in [3.8, 4) is 28.2 Å². The number of para-hydroxylation sites is 3. The standard InChI is InChI=1S/C45H31N3/c1-5-15-33(16-6-1)45-46-43-42-31-34(27-30-40(42)39-23-13-14-24-41(39)44(43)48(45)37-21-11-4-12-22-37)32-25-28-38(29-26-32)47(35-17-7-2-8-18-35)36-19-9-3-10-20-36/h1-31H. The van der Waals surface area contributed by atoms with Crippen molar-refractivity contribution >= 4 is 49.6 Å². The summed E-state index contributed by atoms with van der Waals surface area (Å²) in [5.74, 6) is 0.936. The van der Waals surface area contributed by atoms with Gasteiger partial charge < -0.3 is 4.90 Å². The van der Waals surface area contributed by atoms with E-state index < -0.39 is 0 Å². The summed E-state index contributed by atoms with van der Waals surface area (Å²) >= 11 is 0. The molecule has 0 aliphatic carbocycles. The van der Waals surface area contributed by atoms with Gasteiger partial charge >= 0.3 is 0 Å². The number of anilines is 3. The fourth-order valence-electron chi connectivity index (χ4n) is 6.95. The van der Waals surface area contributed by atoms with Crippen molar-refractivity contribution in [2.24, 2.45) is 0 Å². The maximum absolute atomic E-state index is 5.43. The van der Waals surface area contributed by atoms with E-state index in [0.717, 1.165) is 61.7 Å². The number of fused-ring (bicyclic) bond motifs is 6. The molecule has 226 valence electrons. The molecule has 1 heterocycles. The van der Waals surface area contributed by atoms with E-state index in [0.29, 0.717) is 0 Å². The molecule has 0 saturated carbocycles. The van der Waals surface area contributed by atoms with E-state index in [1.54, 1.807) is 0 Å². The van der Waals surface area contributed by atoms with E-state index in [-0.39, 0.29) is 0 Å². The van der Waals surface area contributed by atoms with Gasteiger partial charge in [0.1, 0.15) is 5.82 Å². The second-order valence-corrected chi connectivity index (χ2v) is 12.0. The van der Waals surface area contributed by atoms with Gasteiger partial charge in [0.15, 0.2) is 0 Å². The molecule has 3 heteroatoms. The highest BCUT2D eigenvalue weighted by Crippen LogP contribution is 2.41. The first-order valence-electron chi connectivity index (χ1n) is 16.3. The molecule has 9 aromatic rings. The average Bonchev–Trinajstić information content (AvgIpc) is 3.58. The number of hydrogen-bond donors (Lipinski definition) is 0. The lowest BCUT2D eigenvalue weighted by molar-refractivity contribution is 1.11. The predicted octanol–water partition coefficient (Wildman–Crippen LogP) is 12.1. The van der Waals surface area contributed by atoms with Crippen molar-refractivity contribution in [1.82, 2.24) is 9.55 Å². The van der Waals surface area contributed by atoms with Crippen LogP contribution in [0.3, 0.4) is 0 Å². The first kappa shape index (κ1) is 27.8. The molecular weight excluding hydrogens is 583 g/mol. The molecule has 0 atom stereocenters. The highest BCUT2D eigenvalue weighted by Gasteiger charge is 2.20. The summed E-state index contributed by atoms with van der Waals surface area (Å²) in [4.78, 5) is 7.73. The lowest BCUT2D eigenvalue weighted by Gasteiger charge is -2.25. The number of benzene rings is 8. The number of nitrogens with zero attached hydrogens (tertiary/aromatic N) is 3. The van der Waals surface area contributed by atoms with Gasteiger partial charge in [-0.1, -0.05) is 133 Å². The predicted molar refractivity (Wildman–Crippen MR) is 202 cm³/mol. The zero-order valence-electron chi connectivity index (χ0n) is 26.2. The highest BCUT2D eigenvalue weighted by atomic mass is 15.1. The molecule has 0 unspecified atom stereocenters. The van der Waals surface area contributed by atoms with Gasteiger partial charge in [0.2, 0.25) is 0 Å². The Hall–Kier alpha value is -6.45. The quantitative estimate of drug-likeness (QED) is 0.174. The zero-order valence-corrected chi connectivity index (χ0v) is 26.2. The molecule has 1 aromatic heterocycles. The van der Waals surface area contributed by atoms with E-state index in [1.165, 1.54) is 16.2 Å². The third-order valence-electron chi connectivity index (χ3n) is 9.16. The smallest absolute Gasteiger partial charge is 0.145 e. The summed E-state index contributed by atoms with van der Waals surface area (Å²) in [6.07, 6.45) is 0. The summed E-state index contributed by atoms with van der Waals surface area (Å²) in [6, 6.07) is 66.6. The number of rotatable bonds is 6. The van der Waals surface area contributed by atoms with Gasteiger partial charge in [-0.3, -0.25) is 4.57 Å². The molecule has 3 nitrogen and oxygen atoms in total. The average molecular weight is 614 g/mol. The summed E-state index contributed by atoms with van der Waals surface area (Å²) in [5, 5.41) is 4.76. The SMILES string of the molecule is c1ccc(-c2nc3c4cc(-c5ccc(N(c6ccccc6)c6ccccc6)cc5)ccc4c4ccccc4c3n2-c2ccccc2)cc1. The summed E-state index contributed by atoms with van der Waals surface area (Å²) in [5.41, 5.74) is 9.99. The second kappa shape index (κ2) is 11.7. The first-order chi connectivity index (χ1) is 23.8. The molecule has 48 heavy (non-hydrogen) atoms. The van der Waals surface area contributed by atoms with Crippen LogP contribution in [-0.2, 0) is 0 Å². The Morgan fingerprint density at radius 1 is 0.375 bits per heavy atom. The Morgan fingerprint density at radius 3 is 1.52 bits per heavy atom. The summed E-state index contributed by atoms with van der Waals surface area (Å²) in [7, 11) is 0. The molecular formula is C45H31N3. The third-order valence-corrected chi connectivity index (χ3v) is 9.16. The molecule has 0 bridgehead atoms. The van der Waals surface area contributed by atoms with Crippen molar-refractivity contribution in [3.05, 3.63) is 188 Å². The minimum absolute atomic E-state index is 0.936. The number of aromatic nitrogens is 2. The van der Waals surface area contributed by atoms with Gasteiger partial charge in [-0.15, -0.1) is 0 Å². The van der Waals surface area contributed by atoms with Crippen LogP contribution in [0.5, 0.6) is 0 Å². The van der Waals surface area contributed by atoms with Crippen LogP contribution < -0.4 is 4.90 Å². The van der Waals surface area contributed by atoms with E-state index in [9.17, 15) is 0 Å². The molecule has 0 amide bonds. The fourth-order valence-corrected chi connectivity index (χ4v) is 6.95. The minimum Gasteiger partial charge on any atom is -0.311 e. The topological polar surface area (TPSA) is 21.1 Å². The zero-order chi connectivity index (χ0) is 31.9. The molecule has 0 spiro atoms. The largest absolute Gasteiger partial charge is 0.311 e. The Bertz CT molecular complexity index is 2480. The molecule has 9 rings (SSSR count). The van der Waals surface area contributed by atoms with Crippen LogP contribution >= 0.6 is 0 Å². The minimum atomic E-state index is 0.936. The fraction of sp³-hybridized carbons (Fsp3) is 0. The maximum atomic E-state index is 5.43. The third kappa shape index (κ3) is 4.72. The number of imidazole rings is 1. The van der Waals surface area contributed by atoms with Crippen molar-refractivity contribution in [1.29, 1.82) is 0 Å². The van der Waals surface area contributed by atoms with Gasteiger partial charge in [0.05, 0.1) is 11.0 Å². The van der Waals surface area contributed by atoms with Crippen LogP contribution in [0.2, 0.25) is 0 Å². The van der Waals surface area contributed by atoms with E-state index in [2.05, 4.69) is 198 Å². The van der Waals surface area contributed by atoms with Crippen LogP contribution in [0.15, 0.2) is 188 Å². The van der Waals surface area contributed by atoms with E-state index in [1.807, 2.05) is 0 Å². The molecule has 0 radical (unpaired) electrons.